The second kappa shape index (κ2) is 27.8. The molecule has 0 atom stereocenters. The molecule has 0 bridgehead atoms. The Labute approximate surface area is 554 Å². The van der Waals surface area contributed by atoms with Crippen LogP contribution < -0.4 is 18.3 Å². The van der Waals surface area contributed by atoms with Crippen LogP contribution in [0.1, 0.15) is 78.6 Å². The van der Waals surface area contributed by atoms with Crippen molar-refractivity contribution in [3.05, 3.63) is 336 Å². The van der Waals surface area contributed by atoms with Crippen molar-refractivity contribution in [2.75, 3.05) is 6.67 Å². The second-order valence-corrected chi connectivity index (χ2v) is 25.8. The summed E-state index contributed by atoms with van der Waals surface area (Å²) >= 11 is 0. The molecule has 0 fully saturated rings. The molecule has 0 radical (unpaired) electrons. The summed E-state index contributed by atoms with van der Waals surface area (Å²) in [6.07, 6.45) is 13.4. The Bertz CT molecular complexity index is 4850. The number of aromatic nitrogens is 4. The molecular formula is C89H81FN4+4. The average molecular weight is 1230 g/mol. The van der Waals surface area contributed by atoms with E-state index in [2.05, 4.69) is 338 Å². The van der Waals surface area contributed by atoms with Crippen molar-refractivity contribution in [2.45, 2.75) is 86.0 Å². The number of nitrogens with zero attached hydrogens (tertiary/aromatic N) is 4. The topological polar surface area (TPSA) is 15.5 Å². The molecule has 17 rings (SSSR count). The number of aryl methyl sites for hydroxylation is 3. The maximum Gasteiger partial charge on any atom is 0.213 e. The normalized spacial score (nSPS) is 12.1. The zero-order valence-corrected chi connectivity index (χ0v) is 54.5. The number of halogens is 1. The van der Waals surface area contributed by atoms with Gasteiger partial charge in [0, 0.05) is 70.8 Å². The highest BCUT2D eigenvalue weighted by Crippen LogP contribution is 2.37. The molecule has 0 N–H and O–H groups in total. The zero-order chi connectivity index (χ0) is 63.9. The molecule has 5 heteroatoms. The summed E-state index contributed by atoms with van der Waals surface area (Å²) in [5.74, 6) is 0.688. The van der Waals surface area contributed by atoms with Crippen LogP contribution in [0.2, 0.25) is 0 Å². The Morgan fingerprint density at radius 1 is 0.298 bits per heavy atom. The summed E-state index contributed by atoms with van der Waals surface area (Å²) in [5, 5.41) is 0. The van der Waals surface area contributed by atoms with Crippen LogP contribution in [0.15, 0.2) is 292 Å². The predicted molar refractivity (Wildman–Crippen MR) is 383 cm³/mol. The SMILES string of the molecule is CC(C)Cc1cccc(-c2ccc3c(c2)-c2cccc[n+]2C3)c1.CCc1cc(CC)cc(-c2ccc3c(c2)-c2cccc[n+]2C3)c1.FCCCc1ccc(-c2ccc3c(c2)-c2cccc[n+]2C3)cc1.c1ccc(-c2cccc(-c3ccc4c(c3)-c3cccc[n+]3C4)c2)cc1. The summed E-state index contributed by atoms with van der Waals surface area (Å²) in [6.45, 7) is 12.7. The zero-order valence-electron chi connectivity index (χ0n) is 54.5. The van der Waals surface area contributed by atoms with Gasteiger partial charge in [0.1, 0.15) is 0 Å². The number of hydrogen-bond donors (Lipinski definition) is 0. The monoisotopic (exact) mass is 1220 g/mol. The Morgan fingerprint density at radius 2 is 0.638 bits per heavy atom. The van der Waals surface area contributed by atoms with Crippen LogP contribution in [0.3, 0.4) is 0 Å². The first kappa shape index (κ1) is 61.0. The molecule has 13 aromatic rings. The number of rotatable bonds is 12. The summed E-state index contributed by atoms with van der Waals surface area (Å²) in [5.41, 5.74) is 34.5. The molecule has 8 heterocycles. The first-order valence-electron chi connectivity index (χ1n) is 33.7. The lowest BCUT2D eigenvalue weighted by Gasteiger charge is -2.09. The molecule has 4 aliphatic heterocycles. The lowest BCUT2D eigenvalue weighted by Crippen LogP contribution is -2.31. The van der Waals surface area contributed by atoms with Crippen molar-refractivity contribution in [1.29, 1.82) is 0 Å². The predicted octanol–water partition coefficient (Wildman–Crippen LogP) is 19.6. The van der Waals surface area contributed by atoms with Gasteiger partial charge >= 0.3 is 0 Å². The van der Waals surface area contributed by atoms with Crippen LogP contribution in [0.25, 0.3) is 101 Å². The highest BCUT2D eigenvalue weighted by atomic mass is 19.1. The minimum absolute atomic E-state index is 0.246. The fourth-order valence-electron chi connectivity index (χ4n) is 14.0. The van der Waals surface area contributed by atoms with Crippen molar-refractivity contribution in [3.63, 3.8) is 0 Å². The van der Waals surface area contributed by atoms with Gasteiger partial charge in [0.2, 0.25) is 22.8 Å². The quantitative estimate of drug-likeness (QED) is 0.108. The summed E-state index contributed by atoms with van der Waals surface area (Å²) < 4.78 is 21.5. The van der Waals surface area contributed by atoms with Crippen molar-refractivity contribution >= 4 is 0 Å². The molecule has 0 aliphatic carbocycles. The molecule has 0 amide bonds. The number of benzene rings is 9. The maximum atomic E-state index is 12.3. The van der Waals surface area contributed by atoms with E-state index in [-0.39, 0.29) is 6.67 Å². The van der Waals surface area contributed by atoms with Gasteiger partial charge in [-0.15, -0.1) is 0 Å². The highest BCUT2D eigenvalue weighted by Gasteiger charge is 2.29. The van der Waals surface area contributed by atoms with E-state index in [0.717, 1.165) is 51.9 Å². The number of pyridine rings is 4. The van der Waals surface area contributed by atoms with Crippen LogP contribution in [0, 0.1) is 5.92 Å². The lowest BCUT2D eigenvalue weighted by molar-refractivity contribution is -0.672. The van der Waals surface area contributed by atoms with Crippen LogP contribution in [-0.4, -0.2) is 6.67 Å². The molecule has 4 aromatic heterocycles. The fourth-order valence-corrected chi connectivity index (χ4v) is 14.0. The van der Waals surface area contributed by atoms with Crippen molar-refractivity contribution in [1.82, 2.24) is 0 Å². The van der Waals surface area contributed by atoms with E-state index < -0.39 is 0 Å². The molecule has 4 aliphatic rings. The van der Waals surface area contributed by atoms with E-state index >= 15 is 0 Å². The van der Waals surface area contributed by atoms with Gasteiger partial charge in [-0.25, -0.2) is 0 Å². The van der Waals surface area contributed by atoms with Gasteiger partial charge in [0.05, 0.1) is 28.9 Å². The minimum Gasteiger partial charge on any atom is -0.251 e. The van der Waals surface area contributed by atoms with E-state index in [9.17, 15) is 4.39 Å². The van der Waals surface area contributed by atoms with Crippen LogP contribution >= 0.6 is 0 Å². The van der Waals surface area contributed by atoms with Gasteiger partial charge in [0.15, 0.2) is 51.0 Å². The molecule has 94 heavy (non-hydrogen) atoms. The second-order valence-electron chi connectivity index (χ2n) is 25.8. The first-order valence-corrected chi connectivity index (χ1v) is 33.7. The van der Waals surface area contributed by atoms with E-state index in [1.807, 2.05) is 0 Å². The number of hydrogen-bond acceptors (Lipinski definition) is 0. The molecule has 0 saturated heterocycles. The first-order chi connectivity index (χ1) is 46.2. The van der Waals surface area contributed by atoms with Gasteiger partial charge in [-0.2, -0.15) is 18.3 Å². The molecular weight excluding hydrogens is 1140 g/mol. The van der Waals surface area contributed by atoms with Crippen LogP contribution in [0.4, 0.5) is 4.39 Å². The van der Waals surface area contributed by atoms with E-state index in [1.165, 1.54) is 145 Å². The van der Waals surface area contributed by atoms with Crippen molar-refractivity contribution < 1.29 is 22.7 Å². The van der Waals surface area contributed by atoms with Crippen molar-refractivity contribution in [2.24, 2.45) is 5.92 Å². The average Bonchev–Trinajstić information content (AvgIpc) is 1.67. The Morgan fingerprint density at radius 3 is 1.06 bits per heavy atom. The third-order valence-electron chi connectivity index (χ3n) is 19.0. The highest BCUT2D eigenvalue weighted by molar-refractivity contribution is 5.79. The molecule has 4 nitrogen and oxygen atoms in total. The van der Waals surface area contributed by atoms with Gasteiger partial charge < -0.3 is 0 Å². The van der Waals surface area contributed by atoms with Crippen molar-refractivity contribution in [3.8, 4) is 101 Å². The van der Waals surface area contributed by atoms with Crippen LogP contribution in [-0.2, 0) is 51.9 Å². The van der Waals surface area contributed by atoms with Gasteiger partial charge in [0.25, 0.3) is 0 Å². The Hall–Kier alpha value is -10.5. The van der Waals surface area contributed by atoms with E-state index in [0.29, 0.717) is 12.3 Å². The number of fused-ring (bicyclic) bond motifs is 12. The summed E-state index contributed by atoms with van der Waals surface area (Å²) in [4.78, 5) is 0. The molecule has 0 saturated carbocycles. The molecule has 0 unspecified atom stereocenters. The maximum absolute atomic E-state index is 12.3. The van der Waals surface area contributed by atoms with Gasteiger partial charge in [-0.05, 0) is 171 Å². The standard InChI is InChI=1S/C24H18N.2C22H22N.C21H19FN/c1-2-7-18(8-3-1)19-9-6-10-20(15-19)21-12-13-22-17-25-14-5-4-11-24(25)23(22)16-21;1-16(2)12-17-6-5-7-18(13-17)19-9-10-20-15-23-11-4-3-8-22(23)21(20)14-19;1-3-16-11-17(4-2)13-20(12-16)18-8-9-19-15-23-10-6-5-7-22(23)21(19)14-18;22-12-3-4-16-6-8-17(9-7-16)18-10-11-19-15-23-13-2-1-5-21(23)20(19)14-18/h1-16H,17H2;3-11,13-14,16H,12,15H2,1-2H3;5-14H,3-4,15H2,1-2H3;1-2,5-11,13-14H,3-4,12,15H2/q4*+1. The van der Waals surface area contributed by atoms with Gasteiger partial charge in [-0.1, -0.05) is 191 Å². The Balaban J connectivity index is 0.000000108. The van der Waals surface area contributed by atoms with E-state index in [1.54, 1.807) is 0 Å². The molecule has 9 aromatic carbocycles. The Kier molecular flexibility index (Phi) is 18.0. The molecule has 460 valence electrons. The van der Waals surface area contributed by atoms with Gasteiger partial charge in [-0.3, -0.25) is 4.39 Å². The third kappa shape index (κ3) is 13.3. The molecule has 0 spiro atoms. The summed E-state index contributed by atoms with van der Waals surface area (Å²) in [7, 11) is 0. The largest absolute Gasteiger partial charge is 0.251 e. The smallest absolute Gasteiger partial charge is 0.213 e. The van der Waals surface area contributed by atoms with Crippen LogP contribution in [0.5, 0.6) is 0 Å². The fraction of sp³-hybridized carbons (Fsp3) is 0.169. The minimum atomic E-state index is -0.246. The number of alkyl halides is 1. The summed E-state index contributed by atoms with van der Waals surface area (Å²) in [6, 6.07) is 96.9. The lowest BCUT2D eigenvalue weighted by atomic mass is 9.95. The third-order valence-corrected chi connectivity index (χ3v) is 19.0. The van der Waals surface area contributed by atoms with E-state index in [4.69, 9.17) is 0 Å².